The maximum atomic E-state index is 13.5. The Kier molecular flexibility index (Phi) is 10.7. The number of pyridine rings is 1. The van der Waals surface area contributed by atoms with Gasteiger partial charge in [-0.2, -0.15) is 9.04 Å². The minimum absolute atomic E-state index is 0.0228. The first-order valence-electron chi connectivity index (χ1n) is 12.6. The predicted molar refractivity (Wildman–Crippen MR) is 145 cm³/mol. The lowest BCUT2D eigenvalue weighted by atomic mass is 10.0. The molecule has 1 aromatic heterocycles. The molecular weight excluding hydrogens is 522 g/mol. The molecule has 0 aliphatic heterocycles. The molecule has 0 saturated carbocycles. The molecule has 3 aromatic rings. The van der Waals surface area contributed by atoms with Crippen LogP contribution in [0.25, 0.3) is 0 Å². The van der Waals surface area contributed by atoms with E-state index in [1.54, 1.807) is 18.2 Å². The second kappa shape index (κ2) is 13.9. The zero-order valence-corrected chi connectivity index (χ0v) is 23.1. The van der Waals surface area contributed by atoms with Crippen molar-refractivity contribution < 1.29 is 32.5 Å². The minimum atomic E-state index is -3.96. The second-order valence-electron chi connectivity index (χ2n) is 9.55. The number of amides is 1. The van der Waals surface area contributed by atoms with Crippen LogP contribution in [-0.2, 0) is 27.8 Å². The summed E-state index contributed by atoms with van der Waals surface area (Å²) in [5, 5.41) is 25.4. The van der Waals surface area contributed by atoms with Gasteiger partial charge in [-0.15, -0.1) is 0 Å². The summed E-state index contributed by atoms with van der Waals surface area (Å²) in [5.74, 6) is 0.501. The third kappa shape index (κ3) is 8.95. The molecule has 39 heavy (non-hydrogen) atoms. The van der Waals surface area contributed by atoms with E-state index in [1.807, 2.05) is 44.2 Å². The van der Waals surface area contributed by atoms with Gasteiger partial charge in [-0.25, -0.2) is 13.2 Å². The molecule has 2 aromatic carbocycles. The Balaban J connectivity index is 1.79. The van der Waals surface area contributed by atoms with Crippen LogP contribution < -0.4 is 14.8 Å². The normalized spacial score (nSPS) is 13.2. The van der Waals surface area contributed by atoms with Crippen molar-refractivity contribution in [2.75, 3.05) is 20.2 Å². The Morgan fingerprint density at radius 1 is 1.03 bits per heavy atom. The average Bonchev–Trinajstić information content (AvgIpc) is 2.91. The summed E-state index contributed by atoms with van der Waals surface area (Å²) < 4.78 is 39.3. The highest BCUT2D eigenvalue weighted by Gasteiger charge is 2.31. The monoisotopic (exact) mass is 557 g/mol. The van der Waals surface area contributed by atoms with Crippen LogP contribution in [-0.4, -0.2) is 56.3 Å². The van der Waals surface area contributed by atoms with Crippen LogP contribution in [0.3, 0.4) is 0 Å². The molecule has 10 nitrogen and oxygen atoms in total. The number of hydrogen-bond donors (Lipinski definition) is 2. The Morgan fingerprint density at radius 2 is 1.69 bits per heavy atom. The standard InChI is InChI=1S/C28H35N3O7S/c1-21(2)17-31(39(35,36)25-13-11-24(37-3)12-14-25)19-27(32)26(16-22-8-5-4-6-9-22)29-28(33)38-20-23-10-7-15-30(34)18-23/h4-15,18,21,26-27,32H,16-17,19-20H2,1-3H3,(H,29,33)/t26-,27+/m0/s1. The van der Waals surface area contributed by atoms with E-state index in [9.17, 15) is 23.5 Å². The molecule has 2 atom stereocenters. The van der Waals surface area contributed by atoms with Gasteiger partial charge in [-0.05, 0) is 48.2 Å². The number of ether oxygens (including phenoxy) is 2. The van der Waals surface area contributed by atoms with Crippen LogP contribution >= 0.6 is 0 Å². The summed E-state index contributed by atoms with van der Waals surface area (Å²) >= 11 is 0. The number of aliphatic hydroxyl groups excluding tert-OH is 1. The van der Waals surface area contributed by atoms with E-state index in [0.717, 1.165) is 5.56 Å². The van der Waals surface area contributed by atoms with Crippen LogP contribution in [0.2, 0.25) is 0 Å². The fraction of sp³-hybridized carbons (Fsp3) is 0.357. The molecule has 0 radical (unpaired) electrons. The molecule has 0 bridgehead atoms. The molecule has 0 spiro atoms. The highest BCUT2D eigenvalue weighted by atomic mass is 32.2. The molecule has 1 heterocycles. The second-order valence-corrected chi connectivity index (χ2v) is 11.5. The molecule has 0 aliphatic rings. The molecule has 2 N–H and O–H groups in total. The van der Waals surface area contributed by atoms with Crippen LogP contribution in [0.15, 0.2) is 84.0 Å². The summed E-state index contributed by atoms with van der Waals surface area (Å²) in [7, 11) is -2.46. The van der Waals surface area contributed by atoms with Crippen molar-refractivity contribution in [3.8, 4) is 5.75 Å². The van der Waals surface area contributed by atoms with Gasteiger partial charge in [0, 0.05) is 19.2 Å². The van der Waals surface area contributed by atoms with Gasteiger partial charge in [0.05, 0.1) is 29.7 Å². The summed E-state index contributed by atoms with van der Waals surface area (Å²) in [4.78, 5) is 12.7. The number of alkyl carbamates (subject to hydrolysis) is 1. The number of carbonyl (C=O) groups excluding carboxylic acids is 1. The van der Waals surface area contributed by atoms with E-state index in [1.165, 1.54) is 42.0 Å². The lowest BCUT2D eigenvalue weighted by Gasteiger charge is -2.30. The summed E-state index contributed by atoms with van der Waals surface area (Å²) in [6.07, 6.45) is 0.784. The maximum absolute atomic E-state index is 13.5. The molecule has 11 heteroatoms. The molecule has 0 unspecified atom stereocenters. The molecule has 0 aliphatic carbocycles. The zero-order valence-electron chi connectivity index (χ0n) is 22.3. The van der Waals surface area contributed by atoms with Crippen LogP contribution in [0, 0.1) is 11.1 Å². The van der Waals surface area contributed by atoms with E-state index in [2.05, 4.69) is 5.32 Å². The average molecular weight is 558 g/mol. The van der Waals surface area contributed by atoms with E-state index < -0.39 is 28.3 Å². The number of carbonyl (C=O) groups is 1. The van der Waals surface area contributed by atoms with Gasteiger partial charge in [-0.1, -0.05) is 44.2 Å². The topological polar surface area (TPSA) is 132 Å². The van der Waals surface area contributed by atoms with Gasteiger partial charge in [-0.3, -0.25) is 0 Å². The number of hydrogen-bond acceptors (Lipinski definition) is 7. The van der Waals surface area contributed by atoms with Gasteiger partial charge in [0.25, 0.3) is 0 Å². The summed E-state index contributed by atoms with van der Waals surface area (Å²) in [5.41, 5.74) is 1.34. The van der Waals surface area contributed by atoms with Gasteiger partial charge in [0.1, 0.15) is 12.4 Å². The van der Waals surface area contributed by atoms with Crippen LogP contribution in [0.1, 0.15) is 25.0 Å². The predicted octanol–water partition coefficient (Wildman–Crippen LogP) is 2.87. The van der Waals surface area contributed by atoms with E-state index in [0.29, 0.717) is 16.0 Å². The van der Waals surface area contributed by atoms with Crippen molar-refractivity contribution in [3.63, 3.8) is 0 Å². The van der Waals surface area contributed by atoms with E-state index in [-0.39, 0.29) is 36.9 Å². The molecule has 1 amide bonds. The third-order valence-corrected chi connectivity index (χ3v) is 7.77. The maximum Gasteiger partial charge on any atom is 0.407 e. The third-order valence-electron chi connectivity index (χ3n) is 5.93. The number of benzene rings is 2. The number of nitrogens with zero attached hydrogens (tertiary/aromatic N) is 2. The number of rotatable bonds is 13. The van der Waals surface area contributed by atoms with Crippen molar-refractivity contribution in [2.45, 2.75) is 43.9 Å². The van der Waals surface area contributed by atoms with Gasteiger partial charge in [0.15, 0.2) is 12.4 Å². The van der Waals surface area contributed by atoms with E-state index in [4.69, 9.17) is 9.47 Å². The van der Waals surface area contributed by atoms with Gasteiger partial charge >= 0.3 is 6.09 Å². The first kappa shape index (κ1) is 29.9. The summed E-state index contributed by atoms with van der Waals surface area (Å²) in [6, 6.07) is 17.6. The Morgan fingerprint density at radius 3 is 2.31 bits per heavy atom. The molecular formula is C28H35N3O7S. The van der Waals surface area contributed by atoms with Crippen molar-refractivity contribution in [1.82, 2.24) is 9.62 Å². The lowest BCUT2D eigenvalue weighted by molar-refractivity contribution is -0.606. The number of aliphatic hydroxyl groups is 1. The van der Waals surface area contributed by atoms with Crippen LogP contribution in [0.4, 0.5) is 4.79 Å². The highest BCUT2D eigenvalue weighted by Crippen LogP contribution is 2.21. The smallest absolute Gasteiger partial charge is 0.407 e. The molecule has 0 saturated heterocycles. The fourth-order valence-electron chi connectivity index (χ4n) is 3.99. The van der Waals surface area contributed by atoms with Crippen molar-refractivity contribution in [3.05, 3.63) is 95.5 Å². The van der Waals surface area contributed by atoms with Crippen LogP contribution in [0.5, 0.6) is 5.75 Å². The lowest BCUT2D eigenvalue weighted by Crippen LogP contribution is -2.51. The highest BCUT2D eigenvalue weighted by molar-refractivity contribution is 7.89. The number of nitrogens with one attached hydrogen (secondary N) is 1. The van der Waals surface area contributed by atoms with Crippen molar-refractivity contribution >= 4 is 16.1 Å². The van der Waals surface area contributed by atoms with Gasteiger partial charge in [0.2, 0.25) is 10.0 Å². The molecule has 0 fully saturated rings. The largest absolute Gasteiger partial charge is 0.619 e. The molecule has 3 rings (SSSR count). The number of aromatic nitrogens is 1. The number of sulfonamides is 1. The Bertz CT molecular complexity index is 1300. The van der Waals surface area contributed by atoms with Crippen molar-refractivity contribution in [2.24, 2.45) is 5.92 Å². The van der Waals surface area contributed by atoms with Gasteiger partial charge < -0.3 is 25.1 Å². The van der Waals surface area contributed by atoms with E-state index >= 15 is 0 Å². The first-order chi connectivity index (χ1) is 18.6. The fourth-order valence-corrected chi connectivity index (χ4v) is 5.61. The summed E-state index contributed by atoms with van der Waals surface area (Å²) in [6.45, 7) is 3.54. The Labute approximate surface area is 229 Å². The molecule has 210 valence electrons. The minimum Gasteiger partial charge on any atom is -0.619 e. The Hall–Kier alpha value is -3.67. The quantitative estimate of drug-likeness (QED) is 0.244. The first-order valence-corrected chi connectivity index (χ1v) is 14.0. The zero-order chi connectivity index (χ0) is 28.4. The van der Waals surface area contributed by atoms with Crippen molar-refractivity contribution in [1.29, 1.82) is 0 Å². The number of methoxy groups -OCH3 is 1. The SMILES string of the molecule is COc1ccc(S(=O)(=O)N(CC(C)C)C[C@@H](O)[C@H](Cc2ccccc2)NC(=O)OCc2ccc[n+]([O-])c2)cc1.